The summed E-state index contributed by atoms with van der Waals surface area (Å²) in [7, 11) is 0. The minimum Gasteiger partial charge on any atom is -0.308 e. The smallest absolute Gasteiger partial charge is 0.308 e. The number of para-hydroxylation sites is 2. The number of aromatic nitrogens is 2. The Morgan fingerprint density at radius 3 is 1.17 bits per heavy atom. The molecule has 10 rings (SSSR count). The van der Waals surface area contributed by atoms with Gasteiger partial charge in [-0.3, -0.25) is 0 Å². The molecule has 2 aromatic heterocycles. The average Bonchev–Trinajstić information content (AvgIpc) is 3.82. The molecule has 0 aliphatic heterocycles. The minimum absolute atomic E-state index is 0.00628. The fourth-order valence-corrected chi connectivity index (χ4v) is 8.72. The van der Waals surface area contributed by atoms with E-state index in [1.54, 1.807) is 36.4 Å². The van der Waals surface area contributed by atoms with Crippen molar-refractivity contribution in [2.45, 2.75) is 12.4 Å². The third kappa shape index (κ3) is 6.57. The summed E-state index contributed by atoms with van der Waals surface area (Å²) in [5, 5.41) is 33.9. The first-order valence-electron chi connectivity index (χ1n) is 19.8. The lowest BCUT2D eigenvalue weighted by Crippen LogP contribution is -2.11. The molecule has 2 heterocycles. The van der Waals surface area contributed by atoms with Crippen molar-refractivity contribution in [3.63, 3.8) is 0 Å². The van der Waals surface area contributed by atoms with Crippen LogP contribution in [0.15, 0.2) is 164 Å². The summed E-state index contributed by atoms with van der Waals surface area (Å²) in [5.41, 5.74) is 3.43. The fourth-order valence-electron chi connectivity index (χ4n) is 8.72. The Labute approximate surface area is 360 Å². The monoisotopic (exact) mass is 847 g/mol. The van der Waals surface area contributed by atoms with Gasteiger partial charge < -0.3 is 9.13 Å². The Hall–Kier alpha value is -8.59. The van der Waals surface area contributed by atoms with Gasteiger partial charge in [0.1, 0.15) is 11.6 Å². The summed E-state index contributed by atoms with van der Waals surface area (Å²) in [6, 6.07) is 51.5. The summed E-state index contributed by atoms with van der Waals surface area (Å²) in [6.07, 6.45) is -10.2. The molecule has 0 saturated heterocycles. The molecule has 5 nitrogen and oxygen atoms in total. The fraction of sp³-hybridized carbons (Fsp3) is 0.0377. The third-order valence-electron chi connectivity index (χ3n) is 11.6. The van der Waals surface area contributed by atoms with E-state index in [0.717, 1.165) is 43.8 Å². The number of hydrogen-bond donors (Lipinski definition) is 0. The Morgan fingerprint density at radius 1 is 0.344 bits per heavy atom. The van der Waals surface area contributed by atoms with E-state index in [1.165, 1.54) is 12.1 Å². The number of rotatable bonds is 5. The highest BCUT2D eigenvalue weighted by Gasteiger charge is 2.37. The van der Waals surface area contributed by atoms with Crippen LogP contribution in [0.1, 0.15) is 27.8 Å². The lowest BCUT2D eigenvalue weighted by molar-refractivity contribution is -0.143. The highest BCUT2D eigenvalue weighted by Crippen LogP contribution is 2.44. The topological polar surface area (TPSA) is 81.2 Å². The van der Waals surface area contributed by atoms with Crippen molar-refractivity contribution < 1.29 is 26.3 Å². The van der Waals surface area contributed by atoms with Gasteiger partial charge in [-0.05, 0) is 112 Å². The summed E-state index contributed by atoms with van der Waals surface area (Å²) >= 11 is 0. The first-order chi connectivity index (χ1) is 30.8. The van der Waals surface area contributed by atoms with E-state index in [-0.39, 0.29) is 34.1 Å². The summed E-state index contributed by atoms with van der Waals surface area (Å²) < 4.78 is 90.5. The van der Waals surface area contributed by atoms with Gasteiger partial charge in [-0.2, -0.15) is 42.1 Å². The number of fused-ring (bicyclic) bond motifs is 6. The second-order valence-corrected chi connectivity index (χ2v) is 15.4. The van der Waals surface area contributed by atoms with Crippen LogP contribution >= 0.6 is 0 Å². The lowest BCUT2D eigenvalue weighted by Gasteiger charge is -2.20. The Balaban J connectivity index is 1.36. The molecule has 0 bridgehead atoms. The van der Waals surface area contributed by atoms with E-state index >= 15 is 0 Å². The van der Waals surface area contributed by atoms with E-state index in [9.17, 15) is 42.1 Å². The predicted octanol–water partition coefficient (Wildman–Crippen LogP) is 14.5. The SMILES string of the molecule is N#Cc1cccc(-c2ccc3c4ccccc4n(-c4cc(-c5cc(C(F)(F)F)cc(C(F)(F)F)c5)cc(-n5c6ccccc6c6ccc(-c7cccc(C#N)c7)cc65)c4C#N)c3c2)c1. The number of halogens is 6. The first kappa shape index (κ1) is 39.5. The zero-order chi connectivity index (χ0) is 44.5. The normalized spacial score (nSPS) is 11.9. The quantitative estimate of drug-likeness (QED) is 0.162. The molecular weight excluding hydrogens is 821 g/mol. The molecule has 0 aliphatic rings. The molecule has 8 aromatic carbocycles. The van der Waals surface area contributed by atoms with Crippen LogP contribution < -0.4 is 0 Å². The maximum Gasteiger partial charge on any atom is 0.416 e. The van der Waals surface area contributed by atoms with Gasteiger partial charge in [-0.1, -0.05) is 84.9 Å². The summed E-state index contributed by atoms with van der Waals surface area (Å²) in [6.45, 7) is 0. The maximum absolute atomic E-state index is 14.5. The van der Waals surface area contributed by atoms with Crippen molar-refractivity contribution in [2.75, 3.05) is 0 Å². The third-order valence-corrected chi connectivity index (χ3v) is 11.6. The van der Waals surface area contributed by atoms with Crippen molar-refractivity contribution in [2.24, 2.45) is 0 Å². The second-order valence-electron chi connectivity index (χ2n) is 15.4. The van der Waals surface area contributed by atoms with Gasteiger partial charge in [0.2, 0.25) is 0 Å². The van der Waals surface area contributed by atoms with Gasteiger partial charge in [-0.25, -0.2) is 0 Å². The van der Waals surface area contributed by atoms with Crippen LogP contribution in [0.5, 0.6) is 0 Å². The van der Waals surface area contributed by atoms with Gasteiger partial charge in [-0.15, -0.1) is 0 Å². The Morgan fingerprint density at radius 2 is 0.750 bits per heavy atom. The van der Waals surface area contributed by atoms with Gasteiger partial charge >= 0.3 is 12.4 Å². The highest BCUT2D eigenvalue weighted by molar-refractivity contribution is 6.12. The van der Waals surface area contributed by atoms with Crippen molar-refractivity contribution >= 4 is 43.6 Å². The van der Waals surface area contributed by atoms with E-state index in [0.29, 0.717) is 45.3 Å². The Kier molecular flexibility index (Phi) is 9.14. The van der Waals surface area contributed by atoms with Gasteiger partial charge in [0, 0.05) is 21.5 Å². The van der Waals surface area contributed by atoms with Crippen LogP contribution in [0, 0.1) is 34.0 Å². The molecule has 0 aliphatic carbocycles. The molecule has 0 radical (unpaired) electrons. The van der Waals surface area contributed by atoms with E-state index in [2.05, 4.69) is 18.2 Å². The molecule has 0 amide bonds. The van der Waals surface area contributed by atoms with Crippen LogP contribution in [0.2, 0.25) is 0 Å². The number of benzene rings is 8. The molecule has 0 saturated carbocycles. The molecule has 0 fully saturated rings. The maximum atomic E-state index is 14.5. The number of nitriles is 3. The zero-order valence-corrected chi connectivity index (χ0v) is 33.1. The Bertz CT molecular complexity index is 3470. The van der Waals surface area contributed by atoms with Crippen LogP contribution in [-0.2, 0) is 12.4 Å². The molecular formula is C53H27F6N5. The zero-order valence-electron chi connectivity index (χ0n) is 33.1. The van der Waals surface area contributed by atoms with E-state index in [4.69, 9.17) is 0 Å². The van der Waals surface area contributed by atoms with Gasteiger partial charge in [0.15, 0.2) is 0 Å². The molecule has 10 aromatic rings. The summed E-state index contributed by atoms with van der Waals surface area (Å²) in [4.78, 5) is 0. The number of alkyl halides is 6. The average molecular weight is 848 g/mol. The molecule has 11 heteroatoms. The van der Waals surface area contributed by atoms with Gasteiger partial charge in [0.25, 0.3) is 0 Å². The summed E-state index contributed by atoms with van der Waals surface area (Å²) in [5.74, 6) is 0. The van der Waals surface area contributed by atoms with Crippen molar-refractivity contribution in [3.8, 4) is 63.0 Å². The first-order valence-corrected chi connectivity index (χ1v) is 19.8. The molecule has 306 valence electrons. The molecule has 0 N–H and O–H groups in total. The minimum atomic E-state index is -5.12. The number of hydrogen-bond acceptors (Lipinski definition) is 3. The lowest BCUT2D eigenvalue weighted by atomic mass is 9.96. The van der Waals surface area contributed by atoms with Crippen molar-refractivity contribution in [1.29, 1.82) is 15.8 Å². The van der Waals surface area contributed by atoms with Crippen LogP contribution in [0.3, 0.4) is 0 Å². The van der Waals surface area contributed by atoms with Gasteiger partial charge in [0.05, 0.1) is 67.8 Å². The molecule has 0 spiro atoms. The predicted molar refractivity (Wildman–Crippen MR) is 236 cm³/mol. The largest absolute Gasteiger partial charge is 0.416 e. The van der Waals surface area contributed by atoms with Crippen LogP contribution in [0.25, 0.3) is 88.4 Å². The number of nitrogens with zero attached hydrogens (tertiary/aromatic N) is 5. The van der Waals surface area contributed by atoms with Crippen LogP contribution in [0.4, 0.5) is 26.3 Å². The highest BCUT2D eigenvalue weighted by atomic mass is 19.4. The molecule has 64 heavy (non-hydrogen) atoms. The van der Waals surface area contributed by atoms with Crippen molar-refractivity contribution in [3.05, 3.63) is 192 Å². The van der Waals surface area contributed by atoms with E-state index < -0.39 is 23.5 Å². The second kappa shape index (κ2) is 14.8. The van der Waals surface area contributed by atoms with Crippen LogP contribution in [-0.4, -0.2) is 9.13 Å². The standard InChI is InChI=1S/C53H27F6N5/c54-52(55,56)39-21-37(22-40(27-39)53(57,58)59)38-25-50(63-46-13-3-1-11-41(46)43-17-15-35(23-48(43)63)33-9-5-7-31(19-33)28-60)45(30-62)51(26-38)64-47-14-4-2-12-42(47)44-18-16-36(24-49(44)64)34-10-6-8-32(20-34)29-61/h1-27H. The molecule has 0 unspecified atom stereocenters. The molecule has 0 atom stereocenters. The van der Waals surface area contributed by atoms with E-state index in [1.807, 2.05) is 106 Å². The van der Waals surface area contributed by atoms with Crippen molar-refractivity contribution in [1.82, 2.24) is 9.13 Å².